The van der Waals surface area contributed by atoms with Crippen LogP contribution in [0.4, 0.5) is 0 Å². The second-order valence-corrected chi connectivity index (χ2v) is 5.42. The Hall–Kier alpha value is -1.02. The van der Waals surface area contributed by atoms with Crippen LogP contribution >= 0.6 is 23.2 Å². The fraction of sp³-hybridized carbons (Fsp3) is 0.200. The Kier molecular flexibility index (Phi) is 3.06. The van der Waals surface area contributed by atoms with E-state index in [2.05, 4.69) is 6.07 Å². The molecule has 0 saturated heterocycles. The van der Waals surface area contributed by atoms with Gasteiger partial charge in [0.15, 0.2) is 0 Å². The summed E-state index contributed by atoms with van der Waals surface area (Å²) in [5.74, 6) is 0. The van der Waals surface area contributed by atoms with Crippen molar-refractivity contribution in [2.24, 2.45) is 0 Å². The van der Waals surface area contributed by atoms with Gasteiger partial charge in [-0.15, -0.1) is 0 Å². The van der Waals surface area contributed by atoms with Crippen molar-refractivity contribution < 1.29 is 5.11 Å². The van der Waals surface area contributed by atoms with Gasteiger partial charge in [0, 0.05) is 16.7 Å². The molecule has 0 amide bonds. The highest BCUT2D eigenvalue weighted by atomic mass is 35.5. The first-order chi connectivity index (χ1) is 8.69. The van der Waals surface area contributed by atoms with Crippen LogP contribution in [0, 0.1) is 0 Å². The Morgan fingerprint density at radius 1 is 1.00 bits per heavy atom. The average molecular weight is 279 g/mol. The lowest BCUT2D eigenvalue weighted by Crippen LogP contribution is -1.95. The van der Waals surface area contributed by atoms with Crippen LogP contribution < -0.4 is 0 Å². The summed E-state index contributed by atoms with van der Waals surface area (Å²) in [5, 5.41) is 10.7. The minimum absolute atomic E-state index is 0.135. The van der Waals surface area contributed by atoms with Gasteiger partial charge in [0.05, 0.1) is 0 Å². The van der Waals surface area contributed by atoms with Crippen LogP contribution in [0.5, 0.6) is 0 Å². The van der Waals surface area contributed by atoms with Gasteiger partial charge in [-0.3, -0.25) is 0 Å². The first-order valence-electron chi connectivity index (χ1n) is 5.90. The number of rotatable bonds is 2. The minimum Gasteiger partial charge on any atom is -0.396 e. The number of aliphatic hydroxyl groups excluding tert-OH is 1. The van der Waals surface area contributed by atoms with E-state index in [1.165, 1.54) is 22.3 Å². The molecule has 2 aromatic carbocycles. The molecule has 0 heterocycles. The molecule has 3 heteroatoms. The summed E-state index contributed by atoms with van der Waals surface area (Å²) in [4.78, 5) is 0. The molecule has 0 fully saturated rings. The third kappa shape index (κ3) is 1.93. The lowest BCUT2D eigenvalue weighted by atomic mass is 9.97. The van der Waals surface area contributed by atoms with Gasteiger partial charge in [-0.2, -0.15) is 0 Å². The summed E-state index contributed by atoms with van der Waals surface area (Å²) in [6, 6.07) is 9.92. The minimum atomic E-state index is 0.135. The molecule has 0 radical (unpaired) electrons. The quantitative estimate of drug-likeness (QED) is 0.748. The third-order valence-corrected chi connectivity index (χ3v) is 3.82. The van der Waals surface area contributed by atoms with Crippen LogP contribution in [-0.2, 0) is 12.8 Å². The van der Waals surface area contributed by atoms with Gasteiger partial charge in [0.25, 0.3) is 0 Å². The first kappa shape index (κ1) is 12.0. The smallest absolute Gasteiger partial charge is 0.0471 e. The topological polar surface area (TPSA) is 20.2 Å². The maximum absolute atomic E-state index is 9.17. The molecule has 0 bridgehead atoms. The van der Waals surface area contributed by atoms with Crippen molar-refractivity contribution in [1.29, 1.82) is 0 Å². The second kappa shape index (κ2) is 4.58. The maximum Gasteiger partial charge on any atom is 0.0471 e. The Bertz CT molecular complexity index is 620. The van der Waals surface area contributed by atoms with Crippen LogP contribution in [-0.4, -0.2) is 11.7 Å². The van der Waals surface area contributed by atoms with Gasteiger partial charge in [-0.05, 0) is 64.9 Å². The van der Waals surface area contributed by atoms with Crippen LogP contribution in [0.1, 0.15) is 16.7 Å². The highest BCUT2D eigenvalue weighted by Crippen LogP contribution is 2.41. The molecule has 1 aliphatic rings. The van der Waals surface area contributed by atoms with Crippen molar-refractivity contribution in [1.82, 2.24) is 0 Å². The summed E-state index contributed by atoms with van der Waals surface area (Å²) in [5.41, 5.74) is 6.01. The van der Waals surface area contributed by atoms with E-state index < -0.39 is 0 Å². The summed E-state index contributed by atoms with van der Waals surface area (Å²) < 4.78 is 0. The molecule has 1 N–H and O–H groups in total. The Morgan fingerprint density at radius 2 is 1.78 bits per heavy atom. The summed E-state index contributed by atoms with van der Waals surface area (Å²) in [7, 11) is 0. The molecule has 92 valence electrons. The van der Waals surface area contributed by atoms with Crippen LogP contribution in [0.15, 0.2) is 30.3 Å². The molecule has 0 saturated carbocycles. The van der Waals surface area contributed by atoms with Crippen molar-refractivity contribution in [3.05, 3.63) is 57.1 Å². The van der Waals surface area contributed by atoms with E-state index in [-0.39, 0.29) is 6.61 Å². The summed E-state index contributed by atoms with van der Waals surface area (Å²) in [6.45, 7) is 0.135. The summed E-state index contributed by atoms with van der Waals surface area (Å²) >= 11 is 12.2. The Balaban J connectivity index is 2.21. The fourth-order valence-electron chi connectivity index (χ4n) is 2.69. The third-order valence-electron chi connectivity index (χ3n) is 3.37. The van der Waals surface area contributed by atoms with E-state index in [9.17, 15) is 0 Å². The van der Waals surface area contributed by atoms with Gasteiger partial charge >= 0.3 is 0 Å². The zero-order chi connectivity index (χ0) is 12.7. The number of benzene rings is 2. The number of fused-ring (bicyclic) bond motifs is 3. The molecule has 0 aliphatic heterocycles. The van der Waals surface area contributed by atoms with Crippen LogP contribution in [0.25, 0.3) is 11.1 Å². The van der Waals surface area contributed by atoms with Crippen LogP contribution in [0.2, 0.25) is 10.0 Å². The zero-order valence-corrected chi connectivity index (χ0v) is 11.2. The predicted octanol–water partition coefficient (Wildman–Crippen LogP) is 4.10. The predicted molar refractivity (Wildman–Crippen MR) is 75.5 cm³/mol. The van der Waals surface area contributed by atoms with Crippen LogP contribution in [0.3, 0.4) is 0 Å². The van der Waals surface area contributed by atoms with E-state index in [0.29, 0.717) is 6.42 Å². The largest absolute Gasteiger partial charge is 0.396 e. The summed E-state index contributed by atoms with van der Waals surface area (Å²) in [6.07, 6.45) is 1.50. The first-order valence-corrected chi connectivity index (χ1v) is 6.65. The van der Waals surface area contributed by atoms with Gasteiger partial charge in [-0.1, -0.05) is 29.3 Å². The highest BCUT2D eigenvalue weighted by Gasteiger charge is 2.22. The normalized spacial score (nSPS) is 12.4. The standard InChI is InChI=1S/C15H12Cl2O/c16-12-1-2-14-10(7-12)5-11-8-13(17)6-9(3-4-18)15(11)14/h1-2,6-8,18H,3-5H2. The molecule has 1 nitrogen and oxygen atoms in total. The molecule has 1 aliphatic carbocycles. The van der Waals surface area contributed by atoms with E-state index in [1.807, 2.05) is 24.3 Å². The number of halogens is 2. The number of hydrogen-bond acceptors (Lipinski definition) is 1. The van der Waals surface area contributed by atoms with Gasteiger partial charge in [0.1, 0.15) is 0 Å². The molecule has 0 atom stereocenters. The van der Waals surface area contributed by atoms with Crippen molar-refractivity contribution in [3.8, 4) is 11.1 Å². The van der Waals surface area contributed by atoms with Crippen molar-refractivity contribution in [3.63, 3.8) is 0 Å². The maximum atomic E-state index is 9.17. The Morgan fingerprint density at radius 3 is 2.56 bits per heavy atom. The fourth-order valence-corrected chi connectivity index (χ4v) is 3.14. The zero-order valence-electron chi connectivity index (χ0n) is 9.71. The monoisotopic (exact) mass is 278 g/mol. The molecule has 0 unspecified atom stereocenters. The molecule has 18 heavy (non-hydrogen) atoms. The number of hydrogen-bond donors (Lipinski definition) is 1. The molecule has 2 aromatic rings. The van der Waals surface area contributed by atoms with Gasteiger partial charge in [0.2, 0.25) is 0 Å². The molecule has 3 rings (SSSR count). The highest BCUT2D eigenvalue weighted by molar-refractivity contribution is 6.31. The van der Waals surface area contributed by atoms with Gasteiger partial charge in [-0.25, -0.2) is 0 Å². The van der Waals surface area contributed by atoms with E-state index >= 15 is 0 Å². The second-order valence-electron chi connectivity index (χ2n) is 4.55. The van der Waals surface area contributed by atoms with E-state index in [0.717, 1.165) is 22.0 Å². The van der Waals surface area contributed by atoms with Crippen molar-refractivity contribution in [2.75, 3.05) is 6.61 Å². The molecular weight excluding hydrogens is 267 g/mol. The lowest BCUT2D eigenvalue weighted by Gasteiger charge is -2.09. The molecule has 0 spiro atoms. The molecular formula is C15H12Cl2O. The lowest BCUT2D eigenvalue weighted by molar-refractivity contribution is 0.300. The van der Waals surface area contributed by atoms with E-state index in [4.69, 9.17) is 28.3 Å². The van der Waals surface area contributed by atoms with Crippen molar-refractivity contribution >= 4 is 23.2 Å². The SMILES string of the molecule is OCCc1cc(Cl)cc2c1-c1ccc(Cl)cc1C2. The average Bonchev–Trinajstić information content (AvgIpc) is 2.65. The van der Waals surface area contributed by atoms with Gasteiger partial charge < -0.3 is 5.11 Å². The Labute approximate surface area is 116 Å². The molecule has 0 aromatic heterocycles. The number of aliphatic hydroxyl groups is 1. The van der Waals surface area contributed by atoms with Crippen molar-refractivity contribution in [2.45, 2.75) is 12.8 Å². The van der Waals surface area contributed by atoms with E-state index in [1.54, 1.807) is 0 Å².